The third kappa shape index (κ3) is 47.3. The fraction of sp³-hybridized carbons (Fsp3) is 0.821. The minimum atomic E-state index is -0.701. The van der Waals surface area contributed by atoms with Crippen LogP contribution in [0.5, 0.6) is 0 Å². The highest BCUT2D eigenvalue weighted by atomic mass is 16.5. The Morgan fingerprint density at radius 2 is 0.855 bits per heavy atom. The lowest BCUT2D eigenvalue weighted by atomic mass is 10.0. The zero-order valence-electron chi connectivity index (χ0n) is 41.1. The minimum Gasteiger partial charge on any atom is -0.466 e. The Morgan fingerprint density at radius 3 is 1.32 bits per heavy atom. The van der Waals surface area contributed by atoms with Crippen LogP contribution in [-0.2, 0) is 14.3 Å². The molecular formula is C56H103NO5. The second kappa shape index (κ2) is 51.5. The van der Waals surface area contributed by atoms with Gasteiger partial charge in [-0.05, 0) is 70.6 Å². The van der Waals surface area contributed by atoms with Crippen LogP contribution < -0.4 is 5.32 Å². The number of amides is 1. The molecule has 6 nitrogen and oxygen atoms in total. The molecule has 0 aliphatic heterocycles. The average Bonchev–Trinajstić information content (AvgIpc) is 3.27. The van der Waals surface area contributed by atoms with Gasteiger partial charge in [0, 0.05) is 12.8 Å². The molecule has 3 N–H and O–H groups in total. The van der Waals surface area contributed by atoms with Crippen LogP contribution in [0.2, 0.25) is 0 Å². The average molecular weight is 870 g/mol. The lowest BCUT2D eigenvalue weighted by Gasteiger charge is -2.22. The van der Waals surface area contributed by atoms with Crippen LogP contribution in [0.15, 0.2) is 48.6 Å². The fourth-order valence-electron chi connectivity index (χ4n) is 7.96. The summed E-state index contributed by atoms with van der Waals surface area (Å²) in [5, 5.41) is 23.2. The highest BCUT2D eigenvalue weighted by Gasteiger charge is 2.19. The molecule has 2 atom stereocenters. The molecule has 0 saturated heterocycles. The van der Waals surface area contributed by atoms with Crippen molar-refractivity contribution < 1.29 is 24.5 Å². The van der Waals surface area contributed by atoms with Gasteiger partial charge >= 0.3 is 5.97 Å². The Labute approximate surface area is 385 Å². The van der Waals surface area contributed by atoms with E-state index in [0.717, 1.165) is 64.2 Å². The summed E-state index contributed by atoms with van der Waals surface area (Å²) in [5.74, 6) is -0.149. The number of carbonyl (C=O) groups is 2. The Bertz CT molecular complexity index is 1050. The monoisotopic (exact) mass is 870 g/mol. The summed E-state index contributed by atoms with van der Waals surface area (Å²) < 4.78 is 5.44. The second-order valence-electron chi connectivity index (χ2n) is 18.2. The van der Waals surface area contributed by atoms with Crippen LogP contribution in [0.3, 0.4) is 0 Å². The molecule has 1 amide bonds. The predicted octanol–water partition coefficient (Wildman–Crippen LogP) is 16.2. The van der Waals surface area contributed by atoms with Crippen molar-refractivity contribution in [3.8, 4) is 0 Å². The molecule has 0 aromatic heterocycles. The standard InChI is InChI=1S/C56H103NO5/c1-3-5-7-9-11-13-15-17-18-19-20-21-22-25-28-32-36-40-44-48-54(59)53(52-58)57-55(60)49-45-41-37-33-29-26-23-27-31-35-39-43-47-51-62-56(61)50-46-42-38-34-30-24-16-14-12-10-8-6-4-2/h8,10,14,16,26,29,37,41,53-54,58-59H,3-7,9,11-13,15,17-25,27-28,30-36,38-40,42-52H2,1-2H3,(H,57,60)/b10-8-,16-14-,29-26-,41-37-. The van der Waals surface area contributed by atoms with E-state index >= 15 is 0 Å². The second-order valence-corrected chi connectivity index (χ2v) is 18.2. The summed E-state index contributed by atoms with van der Waals surface area (Å²) in [5.41, 5.74) is 0. The van der Waals surface area contributed by atoms with E-state index < -0.39 is 12.1 Å². The summed E-state index contributed by atoms with van der Waals surface area (Å²) >= 11 is 0. The molecule has 0 bridgehead atoms. The van der Waals surface area contributed by atoms with Gasteiger partial charge in [0.2, 0.25) is 5.91 Å². The first-order valence-corrected chi connectivity index (χ1v) is 26.9. The number of esters is 1. The number of aliphatic hydroxyl groups is 2. The highest BCUT2D eigenvalue weighted by molar-refractivity contribution is 5.76. The van der Waals surface area contributed by atoms with Gasteiger partial charge < -0.3 is 20.3 Å². The molecule has 0 aromatic rings. The van der Waals surface area contributed by atoms with E-state index in [1.165, 1.54) is 167 Å². The Hall–Kier alpha value is -2.18. The van der Waals surface area contributed by atoms with E-state index in [0.29, 0.717) is 32.3 Å². The molecule has 0 fully saturated rings. The van der Waals surface area contributed by atoms with Gasteiger partial charge in [0.15, 0.2) is 0 Å². The van der Waals surface area contributed by atoms with Crippen molar-refractivity contribution in [3.63, 3.8) is 0 Å². The van der Waals surface area contributed by atoms with E-state index in [1.807, 2.05) is 6.08 Å². The number of carbonyl (C=O) groups excluding carboxylic acids is 2. The van der Waals surface area contributed by atoms with E-state index in [2.05, 4.69) is 61.7 Å². The van der Waals surface area contributed by atoms with Gasteiger partial charge in [-0.25, -0.2) is 0 Å². The lowest BCUT2D eigenvalue weighted by Crippen LogP contribution is -2.45. The highest BCUT2D eigenvalue weighted by Crippen LogP contribution is 2.16. The molecule has 0 rings (SSSR count). The molecule has 0 radical (unpaired) electrons. The predicted molar refractivity (Wildman–Crippen MR) is 269 cm³/mol. The number of ether oxygens (including phenoxy) is 1. The molecule has 362 valence electrons. The van der Waals surface area contributed by atoms with E-state index in [4.69, 9.17) is 4.74 Å². The molecule has 6 heteroatoms. The van der Waals surface area contributed by atoms with E-state index in [1.54, 1.807) is 0 Å². The summed E-state index contributed by atoms with van der Waals surface area (Å²) in [6.45, 7) is 4.82. The first-order valence-electron chi connectivity index (χ1n) is 26.9. The maximum atomic E-state index is 12.4. The third-order valence-electron chi connectivity index (χ3n) is 12.1. The molecule has 0 aromatic carbocycles. The Balaban J connectivity index is 3.57. The Morgan fingerprint density at radius 1 is 0.452 bits per heavy atom. The SMILES string of the molecule is CCC/C=C\C/C=C\CCCCCCCC(=O)OCCCCCCCC/C=C\C/C=C\CCC(=O)NC(CO)C(O)CCCCCCCCCCCCCCCCCCCCC. The van der Waals surface area contributed by atoms with Crippen molar-refractivity contribution >= 4 is 11.9 Å². The number of nitrogens with one attached hydrogen (secondary N) is 1. The zero-order valence-corrected chi connectivity index (χ0v) is 41.1. The summed E-state index contributed by atoms with van der Waals surface area (Å²) in [6, 6.07) is -0.587. The number of aliphatic hydroxyl groups excluding tert-OH is 2. The van der Waals surface area contributed by atoms with Gasteiger partial charge in [-0.15, -0.1) is 0 Å². The van der Waals surface area contributed by atoms with Crippen molar-refractivity contribution in [1.29, 1.82) is 0 Å². The van der Waals surface area contributed by atoms with Crippen LogP contribution in [0, 0.1) is 0 Å². The van der Waals surface area contributed by atoms with Gasteiger partial charge in [-0.1, -0.05) is 236 Å². The van der Waals surface area contributed by atoms with Gasteiger partial charge in [0.25, 0.3) is 0 Å². The van der Waals surface area contributed by atoms with Crippen molar-refractivity contribution in [1.82, 2.24) is 5.32 Å². The fourth-order valence-corrected chi connectivity index (χ4v) is 7.96. The van der Waals surface area contributed by atoms with Crippen molar-refractivity contribution in [2.75, 3.05) is 13.2 Å². The maximum Gasteiger partial charge on any atom is 0.305 e. The minimum absolute atomic E-state index is 0.0327. The first-order chi connectivity index (χ1) is 30.5. The third-order valence-corrected chi connectivity index (χ3v) is 12.1. The number of allylic oxidation sites excluding steroid dienone is 8. The number of hydrogen-bond donors (Lipinski definition) is 3. The van der Waals surface area contributed by atoms with E-state index in [9.17, 15) is 19.8 Å². The van der Waals surface area contributed by atoms with Crippen LogP contribution in [0.4, 0.5) is 0 Å². The van der Waals surface area contributed by atoms with Gasteiger partial charge in [-0.3, -0.25) is 9.59 Å². The number of hydrogen-bond acceptors (Lipinski definition) is 5. The molecule has 2 unspecified atom stereocenters. The van der Waals surface area contributed by atoms with Crippen LogP contribution >= 0.6 is 0 Å². The van der Waals surface area contributed by atoms with E-state index in [-0.39, 0.29) is 18.5 Å². The van der Waals surface area contributed by atoms with Gasteiger partial charge in [0.05, 0.1) is 25.4 Å². The summed E-state index contributed by atoms with van der Waals surface area (Å²) in [6.07, 6.45) is 63.8. The maximum absolute atomic E-state index is 12.4. The molecule has 0 saturated carbocycles. The number of rotatable bonds is 49. The summed E-state index contributed by atoms with van der Waals surface area (Å²) in [4.78, 5) is 24.4. The molecule has 62 heavy (non-hydrogen) atoms. The molecule has 0 aliphatic rings. The first kappa shape index (κ1) is 59.8. The zero-order chi connectivity index (χ0) is 45.1. The molecule has 0 aliphatic carbocycles. The van der Waals surface area contributed by atoms with Crippen LogP contribution in [0.1, 0.15) is 271 Å². The molecule has 0 heterocycles. The van der Waals surface area contributed by atoms with Gasteiger partial charge in [-0.2, -0.15) is 0 Å². The normalized spacial score (nSPS) is 13.0. The number of unbranched alkanes of at least 4 members (excludes halogenated alkanes) is 30. The summed E-state index contributed by atoms with van der Waals surface area (Å²) in [7, 11) is 0. The lowest BCUT2D eigenvalue weighted by molar-refractivity contribution is -0.143. The topological polar surface area (TPSA) is 95.9 Å². The van der Waals surface area contributed by atoms with Crippen LogP contribution in [-0.4, -0.2) is 47.4 Å². The smallest absolute Gasteiger partial charge is 0.305 e. The largest absolute Gasteiger partial charge is 0.466 e. The molecular weight excluding hydrogens is 767 g/mol. The van der Waals surface area contributed by atoms with Crippen LogP contribution in [0.25, 0.3) is 0 Å². The van der Waals surface area contributed by atoms with Crippen molar-refractivity contribution in [2.45, 2.75) is 283 Å². The molecule has 0 spiro atoms. The van der Waals surface area contributed by atoms with Crippen molar-refractivity contribution in [2.24, 2.45) is 0 Å². The quantitative estimate of drug-likeness (QED) is 0.0322. The van der Waals surface area contributed by atoms with Gasteiger partial charge in [0.1, 0.15) is 0 Å². The Kier molecular flexibility index (Phi) is 49.6. The van der Waals surface area contributed by atoms with Crippen molar-refractivity contribution in [3.05, 3.63) is 48.6 Å².